The van der Waals surface area contributed by atoms with Gasteiger partial charge in [-0.25, -0.2) is 0 Å². The molecule has 0 bridgehead atoms. The number of nitrogens with zero attached hydrogens (tertiary/aromatic N) is 3. The van der Waals surface area contributed by atoms with Gasteiger partial charge in [0, 0.05) is 13.2 Å². The summed E-state index contributed by atoms with van der Waals surface area (Å²) < 4.78 is 1.19. The topological polar surface area (TPSA) is 110 Å². The number of amides is 1. The lowest BCUT2D eigenvalue weighted by Gasteiger charge is -2.09. The standard InChI is InChI=1S/C9H14N4O4/c1-7(6-14)2-10-9(15)5-12-4-8(3-11-12)13(16)17/h3-4,7,14H,2,5-6H2,1H3,(H,10,15). The van der Waals surface area contributed by atoms with Gasteiger partial charge in [0.1, 0.15) is 18.9 Å². The van der Waals surface area contributed by atoms with Gasteiger partial charge in [-0.3, -0.25) is 19.6 Å². The van der Waals surface area contributed by atoms with E-state index < -0.39 is 4.92 Å². The number of carbonyl (C=O) groups is 1. The Bertz CT molecular complexity index is 403. The van der Waals surface area contributed by atoms with Crippen molar-refractivity contribution in [1.29, 1.82) is 0 Å². The molecule has 0 saturated heterocycles. The highest BCUT2D eigenvalue weighted by molar-refractivity contribution is 5.75. The molecule has 17 heavy (non-hydrogen) atoms. The number of aliphatic hydroxyl groups excluding tert-OH is 1. The average Bonchev–Trinajstić information content (AvgIpc) is 2.74. The van der Waals surface area contributed by atoms with Gasteiger partial charge in [0.15, 0.2) is 0 Å². The van der Waals surface area contributed by atoms with E-state index in [2.05, 4.69) is 10.4 Å². The van der Waals surface area contributed by atoms with Crippen molar-refractivity contribution in [2.75, 3.05) is 13.2 Å². The molecule has 0 aliphatic heterocycles. The van der Waals surface area contributed by atoms with Crippen LogP contribution in [-0.2, 0) is 11.3 Å². The molecular formula is C9H14N4O4. The molecule has 0 aliphatic rings. The summed E-state index contributed by atoms with van der Waals surface area (Å²) in [5, 5.41) is 25.4. The Morgan fingerprint density at radius 3 is 3.00 bits per heavy atom. The number of nitrogens with one attached hydrogen (secondary N) is 1. The second-order valence-electron chi connectivity index (χ2n) is 3.75. The molecule has 94 valence electrons. The predicted molar refractivity (Wildman–Crippen MR) is 58.1 cm³/mol. The normalized spacial score (nSPS) is 12.1. The van der Waals surface area contributed by atoms with E-state index in [1.165, 1.54) is 10.9 Å². The summed E-state index contributed by atoms with van der Waals surface area (Å²) >= 11 is 0. The Morgan fingerprint density at radius 1 is 1.76 bits per heavy atom. The van der Waals surface area contributed by atoms with Gasteiger partial charge in [0.05, 0.1) is 4.92 Å². The zero-order valence-corrected chi connectivity index (χ0v) is 9.37. The van der Waals surface area contributed by atoms with Crippen LogP contribution in [0.4, 0.5) is 5.69 Å². The van der Waals surface area contributed by atoms with E-state index >= 15 is 0 Å². The second kappa shape index (κ2) is 5.94. The van der Waals surface area contributed by atoms with Crippen LogP contribution in [0.2, 0.25) is 0 Å². The molecule has 0 saturated carbocycles. The molecule has 0 radical (unpaired) electrons. The molecule has 1 rings (SSSR count). The minimum absolute atomic E-state index is 0.00643. The van der Waals surface area contributed by atoms with Crippen LogP contribution >= 0.6 is 0 Å². The van der Waals surface area contributed by atoms with Crippen LogP contribution in [0.3, 0.4) is 0 Å². The lowest BCUT2D eigenvalue weighted by molar-refractivity contribution is -0.385. The van der Waals surface area contributed by atoms with Crippen LogP contribution in [-0.4, -0.2) is 38.9 Å². The number of hydrogen-bond acceptors (Lipinski definition) is 5. The molecule has 1 heterocycles. The summed E-state index contributed by atoms with van der Waals surface area (Å²) in [6, 6.07) is 0. The smallest absolute Gasteiger partial charge is 0.307 e. The van der Waals surface area contributed by atoms with Crippen molar-refractivity contribution in [2.45, 2.75) is 13.5 Å². The van der Waals surface area contributed by atoms with Crippen molar-refractivity contribution in [1.82, 2.24) is 15.1 Å². The van der Waals surface area contributed by atoms with Gasteiger partial charge < -0.3 is 10.4 Å². The maximum absolute atomic E-state index is 11.4. The fourth-order valence-electron chi connectivity index (χ4n) is 1.09. The quantitative estimate of drug-likeness (QED) is 0.518. The fraction of sp³-hybridized carbons (Fsp3) is 0.556. The van der Waals surface area contributed by atoms with E-state index in [1.54, 1.807) is 6.92 Å². The third-order valence-electron chi connectivity index (χ3n) is 2.10. The average molecular weight is 242 g/mol. The highest BCUT2D eigenvalue weighted by atomic mass is 16.6. The molecule has 0 aliphatic carbocycles. The highest BCUT2D eigenvalue weighted by Crippen LogP contribution is 2.07. The minimum atomic E-state index is -0.574. The van der Waals surface area contributed by atoms with Crippen molar-refractivity contribution in [3.63, 3.8) is 0 Å². The van der Waals surface area contributed by atoms with Crippen LogP contribution in [0.15, 0.2) is 12.4 Å². The van der Waals surface area contributed by atoms with Crippen molar-refractivity contribution in [3.05, 3.63) is 22.5 Å². The van der Waals surface area contributed by atoms with Crippen molar-refractivity contribution >= 4 is 11.6 Å². The monoisotopic (exact) mass is 242 g/mol. The maximum Gasteiger partial charge on any atom is 0.307 e. The molecule has 1 aromatic heterocycles. The van der Waals surface area contributed by atoms with Gasteiger partial charge in [-0.05, 0) is 5.92 Å². The Hall–Kier alpha value is -1.96. The van der Waals surface area contributed by atoms with Crippen LogP contribution in [0.1, 0.15) is 6.92 Å². The third-order valence-corrected chi connectivity index (χ3v) is 2.10. The van der Waals surface area contributed by atoms with Gasteiger partial charge in [-0.1, -0.05) is 6.92 Å². The highest BCUT2D eigenvalue weighted by Gasteiger charge is 2.11. The Kier molecular flexibility index (Phi) is 4.58. The number of aromatic nitrogens is 2. The zero-order chi connectivity index (χ0) is 12.8. The van der Waals surface area contributed by atoms with Crippen molar-refractivity contribution < 1.29 is 14.8 Å². The van der Waals surface area contributed by atoms with Gasteiger partial charge in [-0.15, -0.1) is 0 Å². The van der Waals surface area contributed by atoms with E-state index in [0.29, 0.717) is 6.54 Å². The van der Waals surface area contributed by atoms with Crippen LogP contribution < -0.4 is 5.32 Å². The van der Waals surface area contributed by atoms with E-state index in [0.717, 1.165) is 6.20 Å². The summed E-state index contributed by atoms with van der Waals surface area (Å²) in [6.45, 7) is 2.07. The Balaban J connectivity index is 2.42. The molecule has 8 heteroatoms. The molecule has 0 fully saturated rings. The first-order valence-electron chi connectivity index (χ1n) is 5.07. The first-order chi connectivity index (χ1) is 8.02. The summed E-state index contributed by atoms with van der Waals surface area (Å²) in [5.74, 6) is -0.325. The van der Waals surface area contributed by atoms with Gasteiger partial charge >= 0.3 is 5.69 Å². The van der Waals surface area contributed by atoms with Crippen molar-refractivity contribution in [3.8, 4) is 0 Å². The predicted octanol–water partition coefficient (Wildman–Crippen LogP) is -0.464. The van der Waals surface area contributed by atoms with Crippen LogP contribution in [0, 0.1) is 16.0 Å². The van der Waals surface area contributed by atoms with Gasteiger partial charge in [-0.2, -0.15) is 5.10 Å². The van der Waals surface area contributed by atoms with E-state index in [1.807, 2.05) is 0 Å². The molecule has 0 spiro atoms. The molecule has 1 aromatic rings. The largest absolute Gasteiger partial charge is 0.396 e. The first kappa shape index (κ1) is 13.1. The fourth-order valence-corrected chi connectivity index (χ4v) is 1.09. The van der Waals surface area contributed by atoms with Gasteiger partial charge in [0.25, 0.3) is 0 Å². The van der Waals surface area contributed by atoms with E-state index in [-0.39, 0.29) is 30.7 Å². The summed E-state index contributed by atoms with van der Waals surface area (Å²) in [6.07, 6.45) is 2.28. The second-order valence-corrected chi connectivity index (χ2v) is 3.75. The van der Waals surface area contributed by atoms with Crippen LogP contribution in [0.5, 0.6) is 0 Å². The molecular weight excluding hydrogens is 228 g/mol. The first-order valence-corrected chi connectivity index (χ1v) is 5.07. The Labute approximate surface area is 97.4 Å². The molecule has 8 nitrogen and oxygen atoms in total. The molecule has 1 atom stereocenters. The Morgan fingerprint density at radius 2 is 2.47 bits per heavy atom. The number of aliphatic hydroxyl groups is 1. The summed E-state index contributed by atoms with van der Waals surface area (Å²) in [4.78, 5) is 21.2. The number of nitro groups is 1. The van der Waals surface area contributed by atoms with Crippen molar-refractivity contribution in [2.24, 2.45) is 5.92 Å². The number of hydrogen-bond donors (Lipinski definition) is 2. The summed E-state index contributed by atoms with van der Waals surface area (Å²) in [5.41, 5.74) is -0.151. The SMILES string of the molecule is CC(CO)CNC(=O)Cn1cc([N+](=O)[O-])cn1. The molecule has 1 unspecified atom stereocenters. The minimum Gasteiger partial charge on any atom is -0.396 e. The number of rotatable bonds is 6. The number of carbonyl (C=O) groups excluding carboxylic acids is 1. The lowest BCUT2D eigenvalue weighted by atomic mass is 10.2. The van der Waals surface area contributed by atoms with E-state index in [4.69, 9.17) is 5.11 Å². The lowest BCUT2D eigenvalue weighted by Crippen LogP contribution is -2.32. The zero-order valence-electron chi connectivity index (χ0n) is 9.37. The van der Waals surface area contributed by atoms with Gasteiger partial charge in [0.2, 0.25) is 5.91 Å². The van der Waals surface area contributed by atoms with E-state index in [9.17, 15) is 14.9 Å². The van der Waals surface area contributed by atoms with Crippen LogP contribution in [0.25, 0.3) is 0 Å². The third kappa shape index (κ3) is 4.19. The molecule has 2 N–H and O–H groups in total. The summed E-state index contributed by atoms with van der Waals surface area (Å²) in [7, 11) is 0. The molecule has 1 amide bonds. The maximum atomic E-state index is 11.4. The molecule has 0 aromatic carbocycles.